The monoisotopic (exact) mass is 232 g/mol. The normalized spacial score (nSPS) is 9.12. The Morgan fingerprint density at radius 3 is 2.62 bits per heavy atom. The summed E-state index contributed by atoms with van der Waals surface area (Å²) < 4.78 is 3.68. The molecule has 4 nitrogen and oxygen atoms in total. The maximum atomic E-state index is 8.67. The number of hydrogen-bond donors (Lipinski definition) is 0. The first kappa shape index (κ1) is 12.0. The van der Waals surface area contributed by atoms with Crippen LogP contribution in [0.1, 0.15) is 0 Å². The number of imidazole rings is 1. The van der Waals surface area contributed by atoms with Crippen LogP contribution in [0.3, 0.4) is 0 Å². The lowest BCUT2D eigenvalue weighted by Gasteiger charge is -1.87. The van der Waals surface area contributed by atoms with Crippen LogP contribution in [0.2, 0.25) is 0 Å². The maximum absolute atomic E-state index is 8.67. The van der Waals surface area contributed by atoms with Crippen LogP contribution in [0.15, 0.2) is 30.6 Å². The Morgan fingerprint density at radius 1 is 1.19 bits per heavy atom. The van der Waals surface area contributed by atoms with Gasteiger partial charge in [0.1, 0.15) is 12.1 Å². The average molecular weight is 233 g/mol. The van der Waals surface area contributed by atoms with E-state index in [1.54, 1.807) is 6.33 Å². The molecule has 0 aliphatic carbocycles. The number of nitrogens with zero attached hydrogens (tertiary/aromatic N) is 4. The van der Waals surface area contributed by atoms with Gasteiger partial charge in [0.05, 0.1) is 0 Å². The lowest BCUT2D eigenvalue weighted by atomic mass is 10.3. The zero-order valence-electron chi connectivity index (χ0n) is 8.47. The van der Waals surface area contributed by atoms with Crippen molar-refractivity contribution < 1.29 is 17.0 Å². The minimum Gasteiger partial charge on any atom is -1.00 e. The first-order chi connectivity index (χ1) is 7.36. The van der Waals surface area contributed by atoms with E-state index in [0.29, 0.717) is 13.1 Å². The minimum atomic E-state index is 0. The summed E-state index contributed by atoms with van der Waals surface area (Å²) >= 11 is 0. The van der Waals surface area contributed by atoms with Crippen LogP contribution >= 0.6 is 0 Å². The number of nitriles is 2. The van der Waals surface area contributed by atoms with Gasteiger partial charge >= 0.3 is 0 Å². The van der Waals surface area contributed by atoms with Crippen molar-refractivity contribution >= 4 is 11.0 Å². The van der Waals surface area contributed by atoms with Gasteiger partial charge in [-0.25, -0.2) is 9.13 Å². The number of benzene rings is 1. The zero-order valence-corrected chi connectivity index (χ0v) is 9.22. The molecule has 0 N–H and O–H groups in total. The van der Waals surface area contributed by atoms with E-state index in [2.05, 4.69) is 12.1 Å². The molecule has 0 atom stereocenters. The molecule has 1 aromatic carbocycles. The SMILES string of the molecule is N#CCn1c[n+](CC#N)c2ccccc21.[Cl-]. The van der Waals surface area contributed by atoms with Crippen molar-refractivity contribution in [3.8, 4) is 12.1 Å². The highest BCUT2D eigenvalue weighted by atomic mass is 35.5. The van der Waals surface area contributed by atoms with Crippen molar-refractivity contribution in [3.05, 3.63) is 30.6 Å². The fourth-order valence-corrected chi connectivity index (χ4v) is 1.65. The van der Waals surface area contributed by atoms with Crippen molar-refractivity contribution in [2.45, 2.75) is 13.1 Å². The smallest absolute Gasteiger partial charge is 0.246 e. The van der Waals surface area contributed by atoms with E-state index in [4.69, 9.17) is 10.5 Å². The highest BCUT2D eigenvalue weighted by molar-refractivity contribution is 5.71. The van der Waals surface area contributed by atoms with E-state index in [-0.39, 0.29) is 12.4 Å². The molecule has 5 heteroatoms. The first-order valence-corrected chi connectivity index (χ1v) is 4.58. The molecule has 0 saturated carbocycles. The highest BCUT2D eigenvalue weighted by Gasteiger charge is 2.13. The summed E-state index contributed by atoms with van der Waals surface area (Å²) in [6, 6.07) is 11.9. The van der Waals surface area contributed by atoms with Crippen LogP contribution in [-0.2, 0) is 13.1 Å². The molecule has 0 radical (unpaired) electrons. The highest BCUT2D eigenvalue weighted by Crippen LogP contribution is 2.09. The lowest BCUT2D eigenvalue weighted by Crippen LogP contribution is -3.00. The number of hydrogen-bond acceptors (Lipinski definition) is 2. The van der Waals surface area contributed by atoms with E-state index < -0.39 is 0 Å². The topological polar surface area (TPSA) is 56.4 Å². The molecule has 0 unspecified atom stereocenters. The Bertz CT molecular complexity index is 524. The van der Waals surface area contributed by atoms with Crippen LogP contribution in [-0.4, -0.2) is 4.57 Å². The summed E-state index contributed by atoms with van der Waals surface area (Å²) in [5.74, 6) is 0. The second-order valence-corrected chi connectivity index (χ2v) is 3.18. The molecule has 0 amide bonds. The van der Waals surface area contributed by atoms with Gasteiger partial charge in [0.15, 0.2) is 24.1 Å². The number of aromatic nitrogens is 2. The van der Waals surface area contributed by atoms with Crippen LogP contribution in [0, 0.1) is 22.7 Å². The lowest BCUT2D eigenvalue weighted by molar-refractivity contribution is -0.659. The van der Waals surface area contributed by atoms with Gasteiger partial charge in [-0.3, -0.25) is 0 Å². The van der Waals surface area contributed by atoms with Crippen molar-refractivity contribution in [1.82, 2.24) is 4.57 Å². The molecule has 0 saturated heterocycles. The van der Waals surface area contributed by atoms with E-state index in [1.165, 1.54) is 0 Å². The molecule has 1 aromatic heterocycles. The van der Waals surface area contributed by atoms with E-state index in [9.17, 15) is 0 Å². The first-order valence-electron chi connectivity index (χ1n) is 4.58. The Kier molecular flexibility index (Phi) is 3.88. The largest absolute Gasteiger partial charge is 1.00 e. The van der Waals surface area contributed by atoms with Crippen molar-refractivity contribution in [2.75, 3.05) is 0 Å². The number of para-hydroxylation sites is 2. The van der Waals surface area contributed by atoms with Gasteiger partial charge in [0.2, 0.25) is 6.33 Å². The van der Waals surface area contributed by atoms with Gasteiger partial charge in [-0.2, -0.15) is 10.5 Å². The second kappa shape index (κ2) is 5.16. The van der Waals surface area contributed by atoms with Crippen molar-refractivity contribution in [1.29, 1.82) is 10.5 Å². The van der Waals surface area contributed by atoms with Crippen LogP contribution in [0.5, 0.6) is 0 Å². The molecule has 2 rings (SSSR count). The number of fused-ring (bicyclic) bond motifs is 1. The predicted octanol–water partition coefficient (Wildman–Crippen LogP) is -2.02. The van der Waals surface area contributed by atoms with Gasteiger partial charge in [0.25, 0.3) is 0 Å². The minimum absolute atomic E-state index is 0. The Morgan fingerprint density at radius 2 is 1.94 bits per heavy atom. The van der Waals surface area contributed by atoms with Gasteiger partial charge in [-0.15, -0.1) is 0 Å². The van der Waals surface area contributed by atoms with Crippen LogP contribution in [0.4, 0.5) is 0 Å². The molecule has 0 spiro atoms. The second-order valence-electron chi connectivity index (χ2n) is 3.18. The number of rotatable bonds is 2. The van der Waals surface area contributed by atoms with Crippen LogP contribution in [0.25, 0.3) is 11.0 Å². The van der Waals surface area contributed by atoms with Crippen molar-refractivity contribution in [3.63, 3.8) is 0 Å². The zero-order chi connectivity index (χ0) is 10.7. The third-order valence-corrected chi connectivity index (χ3v) is 2.26. The standard InChI is InChI=1S/C11H9N4.ClH/c12-5-7-14-9-15(8-6-13)11-4-2-1-3-10(11)14;/h1-4,9H,7-8H2;1H/q+1;/p-1. The predicted molar refractivity (Wildman–Crippen MR) is 53.4 cm³/mol. The molecular weight excluding hydrogens is 224 g/mol. The molecule has 0 aliphatic rings. The van der Waals surface area contributed by atoms with Gasteiger partial charge < -0.3 is 12.4 Å². The van der Waals surface area contributed by atoms with Gasteiger partial charge in [0, 0.05) is 0 Å². The molecule has 80 valence electrons. The quantitative estimate of drug-likeness (QED) is 0.562. The molecule has 16 heavy (non-hydrogen) atoms. The summed E-state index contributed by atoms with van der Waals surface area (Å²) in [5.41, 5.74) is 1.96. The molecule has 0 fully saturated rings. The Labute approximate surface area is 99.4 Å². The average Bonchev–Trinajstić information content (AvgIpc) is 2.59. The fraction of sp³-hybridized carbons (Fsp3) is 0.182. The maximum Gasteiger partial charge on any atom is 0.246 e. The summed E-state index contributed by atoms with van der Waals surface area (Å²) in [4.78, 5) is 0. The molecular formula is C11H9ClN4. The fourth-order valence-electron chi connectivity index (χ4n) is 1.65. The molecule has 0 bridgehead atoms. The summed E-state index contributed by atoms with van der Waals surface area (Å²) in [5, 5.41) is 17.3. The summed E-state index contributed by atoms with van der Waals surface area (Å²) in [7, 11) is 0. The van der Waals surface area contributed by atoms with Crippen LogP contribution < -0.4 is 17.0 Å². The summed E-state index contributed by atoms with van der Waals surface area (Å²) in [6.45, 7) is 0.609. The molecule has 0 aliphatic heterocycles. The third kappa shape index (κ3) is 1.98. The van der Waals surface area contributed by atoms with E-state index in [1.807, 2.05) is 33.4 Å². The Hall–Kier alpha value is -2.04. The van der Waals surface area contributed by atoms with Gasteiger partial charge in [-0.1, -0.05) is 12.1 Å². The van der Waals surface area contributed by atoms with Crippen molar-refractivity contribution in [2.24, 2.45) is 0 Å². The Balaban J connectivity index is 0.00000128. The molecule has 1 heterocycles. The summed E-state index contributed by atoms with van der Waals surface area (Å²) in [6.07, 6.45) is 1.80. The van der Waals surface area contributed by atoms with E-state index >= 15 is 0 Å². The van der Waals surface area contributed by atoms with Gasteiger partial charge in [-0.05, 0) is 12.1 Å². The van der Waals surface area contributed by atoms with E-state index in [0.717, 1.165) is 11.0 Å². The number of halogens is 1. The molecule has 2 aromatic rings. The third-order valence-electron chi connectivity index (χ3n) is 2.26.